The highest BCUT2D eigenvalue weighted by molar-refractivity contribution is 5.82. The van der Waals surface area contributed by atoms with Gasteiger partial charge in [0.15, 0.2) is 0 Å². The molecule has 8 heteroatoms. The van der Waals surface area contributed by atoms with Crippen LogP contribution in [-0.4, -0.2) is 72.8 Å². The van der Waals surface area contributed by atoms with Gasteiger partial charge in [0.05, 0.1) is 26.4 Å². The third kappa shape index (κ3) is 8.61. The highest BCUT2D eigenvalue weighted by atomic mass is 16.5. The van der Waals surface area contributed by atoms with Crippen LogP contribution in [0.4, 0.5) is 0 Å². The van der Waals surface area contributed by atoms with E-state index in [0.717, 1.165) is 0 Å². The Kier molecular flexibility index (Phi) is 9.89. The number of nitrogens with one attached hydrogen (secondary N) is 2. The second-order valence-corrected chi connectivity index (χ2v) is 5.28. The number of aliphatic hydroxyl groups is 3. The van der Waals surface area contributed by atoms with Crippen LogP contribution >= 0.6 is 0 Å². The molecule has 0 aliphatic carbocycles. The Hall–Kier alpha value is -1.22. The average Bonchev–Trinajstić information content (AvgIpc) is 2.46. The van der Waals surface area contributed by atoms with Crippen LogP contribution in [0.5, 0.6) is 0 Å². The molecule has 0 fully saturated rings. The number of hydrogen-bond donors (Lipinski definition) is 5. The predicted molar refractivity (Wildman–Crippen MR) is 75.4 cm³/mol. The first-order valence-electron chi connectivity index (χ1n) is 6.87. The van der Waals surface area contributed by atoms with E-state index in [9.17, 15) is 14.7 Å². The zero-order chi connectivity index (χ0) is 16.3. The molecular formula is C13H26N2O6. The molecule has 0 aromatic rings. The van der Waals surface area contributed by atoms with Crippen molar-refractivity contribution in [1.82, 2.24) is 10.6 Å². The van der Waals surface area contributed by atoms with E-state index < -0.39 is 17.4 Å². The first kappa shape index (κ1) is 19.8. The fourth-order valence-corrected chi connectivity index (χ4v) is 1.35. The third-order valence-electron chi connectivity index (χ3n) is 2.85. The van der Waals surface area contributed by atoms with E-state index in [4.69, 9.17) is 14.9 Å². The molecule has 1 atom stereocenters. The Morgan fingerprint density at radius 3 is 2.38 bits per heavy atom. The summed E-state index contributed by atoms with van der Waals surface area (Å²) in [6.45, 7) is 3.70. The molecule has 0 radical (unpaired) electrons. The van der Waals surface area contributed by atoms with Crippen LogP contribution in [0.15, 0.2) is 0 Å². The van der Waals surface area contributed by atoms with Crippen molar-refractivity contribution < 1.29 is 29.6 Å². The summed E-state index contributed by atoms with van der Waals surface area (Å²) >= 11 is 0. The summed E-state index contributed by atoms with van der Waals surface area (Å²) in [6, 6.07) is 0. The molecule has 2 amide bonds. The number of rotatable bonds is 11. The summed E-state index contributed by atoms with van der Waals surface area (Å²) in [5.41, 5.74) is -0.934. The van der Waals surface area contributed by atoms with Gasteiger partial charge in [-0.25, -0.2) is 0 Å². The van der Waals surface area contributed by atoms with Crippen molar-refractivity contribution in [3.8, 4) is 0 Å². The predicted octanol–water partition coefficient (Wildman–Crippen LogP) is -2.00. The molecule has 0 rings (SSSR count). The van der Waals surface area contributed by atoms with Gasteiger partial charge in [-0.3, -0.25) is 9.59 Å². The van der Waals surface area contributed by atoms with Crippen molar-refractivity contribution in [3.63, 3.8) is 0 Å². The van der Waals surface area contributed by atoms with Crippen LogP contribution in [0, 0.1) is 5.41 Å². The molecule has 124 valence electrons. The number of ether oxygens (including phenoxy) is 1. The van der Waals surface area contributed by atoms with E-state index in [1.54, 1.807) is 13.8 Å². The molecular weight excluding hydrogens is 280 g/mol. The molecule has 0 bridgehead atoms. The van der Waals surface area contributed by atoms with Crippen LogP contribution in [0.2, 0.25) is 0 Å². The van der Waals surface area contributed by atoms with Gasteiger partial charge in [-0.15, -0.1) is 0 Å². The second-order valence-electron chi connectivity index (χ2n) is 5.28. The maximum Gasteiger partial charge on any atom is 0.249 e. The summed E-state index contributed by atoms with van der Waals surface area (Å²) in [5, 5.41) is 32.3. The summed E-state index contributed by atoms with van der Waals surface area (Å²) in [4.78, 5) is 23.0. The van der Waals surface area contributed by atoms with Gasteiger partial charge in [0.2, 0.25) is 11.8 Å². The van der Waals surface area contributed by atoms with Crippen LogP contribution < -0.4 is 10.6 Å². The molecule has 21 heavy (non-hydrogen) atoms. The van der Waals surface area contributed by atoms with Crippen molar-refractivity contribution in [1.29, 1.82) is 0 Å². The molecule has 8 nitrogen and oxygen atoms in total. The third-order valence-corrected chi connectivity index (χ3v) is 2.85. The topological polar surface area (TPSA) is 128 Å². The molecule has 0 aliphatic heterocycles. The van der Waals surface area contributed by atoms with E-state index in [0.29, 0.717) is 13.2 Å². The largest absolute Gasteiger partial charge is 0.396 e. The Morgan fingerprint density at radius 1 is 1.14 bits per heavy atom. The monoisotopic (exact) mass is 306 g/mol. The van der Waals surface area contributed by atoms with E-state index in [-0.39, 0.29) is 38.7 Å². The Morgan fingerprint density at radius 2 is 1.81 bits per heavy atom. The fraction of sp³-hybridized carbons (Fsp3) is 0.846. The van der Waals surface area contributed by atoms with Crippen LogP contribution in [0.3, 0.4) is 0 Å². The highest BCUT2D eigenvalue weighted by Gasteiger charge is 2.32. The Labute approximate surface area is 124 Å². The molecule has 0 saturated heterocycles. The van der Waals surface area contributed by atoms with Gasteiger partial charge in [-0.1, -0.05) is 13.8 Å². The smallest absolute Gasteiger partial charge is 0.249 e. The minimum absolute atomic E-state index is 0.0630. The number of carbonyl (C=O) groups excluding carboxylic acids is 2. The number of hydrogen-bond acceptors (Lipinski definition) is 6. The van der Waals surface area contributed by atoms with Crippen molar-refractivity contribution in [2.75, 3.05) is 39.5 Å². The number of carbonyl (C=O) groups is 2. The average molecular weight is 306 g/mol. The molecule has 0 aromatic carbocycles. The van der Waals surface area contributed by atoms with Gasteiger partial charge in [0.1, 0.15) is 6.10 Å². The summed E-state index contributed by atoms with van der Waals surface area (Å²) in [7, 11) is 0. The summed E-state index contributed by atoms with van der Waals surface area (Å²) in [6.07, 6.45) is -1.25. The van der Waals surface area contributed by atoms with E-state index in [1.165, 1.54) is 0 Å². The number of aliphatic hydroxyl groups excluding tert-OH is 3. The molecule has 1 unspecified atom stereocenters. The maximum absolute atomic E-state index is 11.6. The van der Waals surface area contributed by atoms with Crippen LogP contribution in [-0.2, 0) is 14.3 Å². The van der Waals surface area contributed by atoms with Crippen molar-refractivity contribution >= 4 is 11.8 Å². The fourth-order valence-electron chi connectivity index (χ4n) is 1.35. The van der Waals surface area contributed by atoms with Gasteiger partial charge in [0, 0.05) is 24.9 Å². The molecule has 0 saturated carbocycles. The van der Waals surface area contributed by atoms with Gasteiger partial charge in [0.25, 0.3) is 0 Å². The zero-order valence-electron chi connectivity index (χ0n) is 12.6. The highest BCUT2D eigenvalue weighted by Crippen LogP contribution is 2.19. The molecule has 0 aromatic heterocycles. The minimum Gasteiger partial charge on any atom is -0.396 e. The minimum atomic E-state index is -1.34. The van der Waals surface area contributed by atoms with Crippen molar-refractivity contribution in [2.45, 2.75) is 26.4 Å². The molecule has 0 aliphatic rings. The maximum atomic E-state index is 11.6. The standard InChI is InChI=1S/C13H26N2O6/c1-13(2,9-17)11(19)12(20)15-4-3-10(18)14-5-7-21-8-6-16/h11,16-17,19H,3-9H2,1-2H3,(H,14,18)(H,15,20). The molecule has 0 heterocycles. The lowest BCUT2D eigenvalue weighted by atomic mass is 9.87. The number of amides is 2. The summed E-state index contributed by atoms with van der Waals surface area (Å²) in [5.74, 6) is -0.869. The van der Waals surface area contributed by atoms with Gasteiger partial charge in [-0.2, -0.15) is 0 Å². The quantitative estimate of drug-likeness (QED) is 0.281. The van der Waals surface area contributed by atoms with Gasteiger partial charge < -0.3 is 30.7 Å². The zero-order valence-corrected chi connectivity index (χ0v) is 12.6. The Balaban J connectivity index is 3.78. The normalized spacial score (nSPS) is 12.8. The lowest BCUT2D eigenvalue weighted by Gasteiger charge is -2.27. The van der Waals surface area contributed by atoms with Gasteiger partial charge in [-0.05, 0) is 0 Å². The van der Waals surface area contributed by atoms with E-state index >= 15 is 0 Å². The van der Waals surface area contributed by atoms with Crippen LogP contribution in [0.1, 0.15) is 20.3 Å². The van der Waals surface area contributed by atoms with E-state index in [2.05, 4.69) is 10.6 Å². The lowest BCUT2D eigenvalue weighted by Crippen LogP contribution is -2.46. The molecule has 0 spiro atoms. The van der Waals surface area contributed by atoms with E-state index in [1.807, 2.05) is 0 Å². The SMILES string of the molecule is CC(C)(CO)C(O)C(=O)NCCC(=O)NCCOCCO. The first-order chi connectivity index (χ1) is 9.85. The van der Waals surface area contributed by atoms with Gasteiger partial charge >= 0.3 is 0 Å². The van der Waals surface area contributed by atoms with Crippen molar-refractivity contribution in [2.24, 2.45) is 5.41 Å². The second kappa shape index (κ2) is 10.5. The Bertz CT molecular complexity index is 322. The summed E-state index contributed by atoms with van der Waals surface area (Å²) < 4.78 is 4.97. The first-order valence-corrected chi connectivity index (χ1v) is 6.87. The van der Waals surface area contributed by atoms with Crippen LogP contribution in [0.25, 0.3) is 0 Å². The lowest BCUT2D eigenvalue weighted by molar-refractivity contribution is -0.137. The van der Waals surface area contributed by atoms with Crippen molar-refractivity contribution in [3.05, 3.63) is 0 Å². The molecule has 5 N–H and O–H groups in total.